The van der Waals surface area contributed by atoms with Gasteiger partial charge in [-0.3, -0.25) is 0 Å². The van der Waals surface area contributed by atoms with Gasteiger partial charge in [-0.05, 0) is 24.4 Å². The summed E-state index contributed by atoms with van der Waals surface area (Å²) in [7, 11) is 3.14. The minimum absolute atomic E-state index is 0.162. The first-order valence-corrected chi connectivity index (χ1v) is 7.70. The Morgan fingerprint density at radius 2 is 2.00 bits per heavy atom. The van der Waals surface area contributed by atoms with Gasteiger partial charge in [0.05, 0.1) is 6.04 Å². The second-order valence-electron chi connectivity index (χ2n) is 5.35. The molecular weight excluding hydrogens is 320 g/mol. The highest BCUT2D eigenvalue weighted by atomic mass is 32.1. The van der Waals surface area contributed by atoms with Crippen molar-refractivity contribution in [2.45, 2.75) is 30.6 Å². The summed E-state index contributed by atoms with van der Waals surface area (Å²) in [6.45, 7) is 0.327. The molecule has 0 aliphatic carbocycles. The molecule has 1 aromatic carbocycles. The fourth-order valence-corrected chi connectivity index (χ4v) is 3.10. The minimum Gasteiger partial charge on any atom is -0.487 e. The molecule has 8 heteroatoms. The summed E-state index contributed by atoms with van der Waals surface area (Å²) in [5, 5.41) is 3.21. The molecule has 2 heterocycles. The molecule has 23 heavy (non-hydrogen) atoms. The summed E-state index contributed by atoms with van der Waals surface area (Å²) in [4.78, 5) is 0. The van der Waals surface area contributed by atoms with Crippen LogP contribution in [0.25, 0.3) is 0 Å². The summed E-state index contributed by atoms with van der Waals surface area (Å²) < 4.78 is 28.8. The van der Waals surface area contributed by atoms with Gasteiger partial charge in [0.1, 0.15) is 18.8 Å². The second kappa shape index (κ2) is 6.88. The van der Waals surface area contributed by atoms with Crippen molar-refractivity contribution in [3.05, 3.63) is 24.3 Å². The van der Waals surface area contributed by atoms with E-state index in [0.29, 0.717) is 18.1 Å². The van der Waals surface area contributed by atoms with E-state index in [-0.39, 0.29) is 17.3 Å². The van der Waals surface area contributed by atoms with Crippen LogP contribution in [0.4, 0.5) is 0 Å². The van der Waals surface area contributed by atoms with E-state index in [9.17, 15) is 0 Å². The van der Waals surface area contributed by atoms with Crippen molar-refractivity contribution in [3.63, 3.8) is 0 Å². The van der Waals surface area contributed by atoms with E-state index in [4.69, 9.17) is 41.6 Å². The summed E-state index contributed by atoms with van der Waals surface area (Å²) in [6, 6.07) is 7.13. The number of rotatable bonds is 3. The minimum atomic E-state index is -0.582. The van der Waals surface area contributed by atoms with Gasteiger partial charge in [-0.25, -0.2) is 0 Å². The zero-order valence-electron chi connectivity index (χ0n) is 12.9. The van der Waals surface area contributed by atoms with Crippen LogP contribution in [0.5, 0.6) is 11.5 Å². The number of fused-ring (bicyclic) bond motifs is 2. The lowest BCUT2D eigenvalue weighted by Gasteiger charge is -2.44. The van der Waals surface area contributed by atoms with Gasteiger partial charge in [-0.2, -0.15) is 0 Å². The summed E-state index contributed by atoms with van der Waals surface area (Å²) in [6.07, 6.45) is -1.77. The van der Waals surface area contributed by atoms with Gasteiger partial charge in [-0.15, -0.1) is 0 Å². The molecule has 2 aliphatic heterocycles. The van der Waals surface area contributed by atoms with Gasteiger partial charge in [0, 0.05) is 14.2 Å². The van der Waals surface area contributed by atoms with Gasteiger partial charge < -0.3 is 34.7 Å². The Hall–Kier alpha value is -1.61. The van der Waals surface area contributed by atoms with Crippen LogP contribution in [0.15, 0.2) is 24.3 Å². The Morgan fingerprint density at radius 1 is 1.26 bits per heavy atom. The highest BCUT2D eigenvalue weighted by Crippen LogP contribution is 2.35. The maximum Gasteiger partial charge on any atom is 0.186 e. The predicted octanol–water partition coefficient (Wildman–Crippen LogP) is 0.415. The normalized spacial score (nSPS) is 32.5. The molecule has 2 aliphatic rings. The van der Waals surface area contributed by atoms with Gasteiger partial charge in [0.2, 0.25) is 0 Å². The van der Waals surface area contributed by atoms with Crippen molar-refractivity contribution in [1.29, 1.82) is 0 Å². The van der Waals surface area contributed by atoms with Gasteiger partial charge in [-0.1, -0.05) is 12.1 Å². The zero-order chi connectivity index (χ0) is 16.4. The molecule has 3 N–H and O–H groups in total. The first kappa shape index (κ1) is 16.3. The number of nitrogens with one attached hydrogen (secondary N) is 1. The SMILES string of the molecule is CO[C@H]1O[C@@H]2COc3ccccc3O[C@@H]2[C@H](NC(N)=S)[C@@H]1OC. The number of methoxy groups -OCH3 is 2. The van der Waals surface area contributed by atoms with E-state index < -0.39 is 18.5 Å². The predicted molar refractivity (Wildman–Crippen MR) is 86.5 cm³/mol. The highest BCUT2D eigenvalue weighted by Gasteiger charge is 2.49. The van der Waals surface area contributed by atoms with Crippen LogP contribution in [0.2, 0.25) is 0 Å². The fraction of sp³-hybridized carbons (Fsp3) is 0.533. The Labute approximate surface area is 140 Å². The number of ether oxygens (including phenoxy) is 5. The monoisotopic (exact) mass is 340 g/mol. The number of hydrogen-bond donors (Lipinski definition) is 2. The third-order valence-electron chi connectivity index (χ3n) is 3.98. The molecule has 0 unspecified atom stereocenters. The largest absolute Gasteiger partial charge is 0.487 e. The Kier molecular flexibility index (Phi) is 4.86. The molecule has 0 radical (unpaired) electrons. The Bertz CT molecular complexity index is 573. The third kappa shape index (κ3) is 3.20. The van der Waals surface area contributed by atoms with Crippen LogP contribution in [-0.2, 0) is 14.2 Å². The average Bonchev–Trinajstić information content (AvgIpc) is 2.73. The van der Waals surface area contributed by atoms with E-state index in [2.05, 4.69) is 5.32 Å². The number of benzene rings is 1. The van der Waals surface area contributed by atoms with Crippen LogP contribution in [0, 0.1) is 0 Å². The molecule has 7 nitrogen and oxygen atoms in total. The number of nitrogens with two attached hydrogens (primary N) is 1. The van der Waals surface area contributed by atoms with Gasteiger partial charge in [0.25, 0.3) is 0 Å². The van der Waals surface area contributed by atoms with Crippen molar-refractivity contribution in [1.82, 2.24) is 5.32 Å². The number of thiocarbonyl (C=S) groups is 1. The van der Waals surface area contributed by atoms with E-state index in [1.54, 1.807) is 14.2 Å². The molecule has 1 saturated heterocycles. The highest BCUT2D eigenvalue weighted by molar-refractivity contribution is 7.80. The average molecular weight is 340 g/mol. The van der Waals surface area contributed by atoms with Crippen molar-refractivity contribution >= 4 is 17.3 Å². The van der Waals surface area contributed by atoms with Crippen LogP contribution in [0.1, 0.15) is 0 Å². The first-order chi connectivity index (χ1) is 11.1. The third-order valence-corrected chi connectivity index (χ3v) is 4.10. The van der Waals surface area contributed by atoms with E-state index in [0.717, 1.165) is 0 Å². The molecule has 0 bridgehead atoms. The lowest BCUT2D eigenvalue weighted by Crippen LogP contribution is -2.67. The summed E-state index contributed by atoms with van der Waals surface area (Å²) >= 11 is 5.00. The first-order valence-electron chi connectivity index (χ1n) is 7.29. The van der Waals surface area contributed by atoms with Crippen LogP contribution < -0.4 is 20.5 Å². The van der Waals surface area contributed by atoms with Crippen LogP contribution >= 0.6 is 12.2 Å². The molecule has 3 rings (SSSR count). The zero-order valence-corrected chi connectivity index (χ0v) is 13.7. The number of para-hydroxylation sites is 2. The molecule has 126 valence electrons. The van der Waals surface area contributed by atoms with Crippen molar-refractivity contribution in [2.24, 2.45) is 5.73 Å². The fourth-order valence-electron chi connectivity index (χ4n) is 2.96. The van der Waals surface area contributed by atoms with E-state index in [1.165, 1.54) is 0 Å². The standard InChI is InChI=1S/C15H20N2O5S/c1-18-13-11(17-15(16)23)12-10(22-14(13)19-2)7-20-8-5-3-4-6-9(8)21-12/h3-6,10-14H,7H2,1-2H3,(H3,16,17,23)/t10-,11+,12+,13+,14+/m1/s1. The maximum absolute atomic E-state index is 6.14. The molecule has 0 amide bonds. The van der Waals surface area contributed by atoms with Crippen molar-refractivity contribution in [2.75, 3.05) is 20.8 Å². The molecular formula is C15H20N2O5S. The van der Waals surface area contributed by atoms with Gasteiger partial charge >= 0.3 is 0 Å². The Balaban J connectivity index is 1.93. The number of hydrogen-bond acceptors (Lipinski definition) is 6. The molecule has 0 aromatic heterocycles. The molecule has 1 aromatic rings. The lowest BCUT2D eigenvalue weighted by molar-refractivity contribution is -0.267. The van der Waals surface area contributed by atoms with Crippen LogP contribution in [0.3, 0.4) is 0 Å². The van der Waals surface area contributed by atoms with E-state index >= 15 is 0 Å². The van der Waals surface area contributed by atoms with Gasteiger partial charge in [0.15, 0.2) is 29.0 Å². The molecule has 0 saturated carbocycles. The second-order valence-corrected chi connectivity index (χ2v) is 5.79. The molecule has 0 spiro atoms. The molecule has 1 fully saturated rings. The van der Waals surface area contributed by atoms with Crippen LogP contribution in [-0.4, -0.2) is 56.6 Å². The van der Waals surface area contributed by atoms with Crippen molar-refractivity contribution < 1.29 is 23.7 Å². The molecule has 5 atom stereocenters. The topological polar surface area (TPSA) is 84.2 Å². The smallest absolute Gasteiger partial charge is 0.186 e. The maximum atomic E-state index is 6.14. The summed E-state index contributed by atoms with van der Waals surface area (Å²) in [5.41, 5.74) is 5.68. The van der Waals surface area contributed by atoms with Crippen molar-refractivity contribution in [3.8, 4) is 11.5 Å². The lowest BCUT2D eigenvalue weighted by atomic mass is 9.96. The Morgan fingerprint density at radius 3 is 2.65 bits per heavy atom. The summed E-state index contributed by atoms with van der Waals surface area (Å²) in [5.74, 6) is 1.31. The van der Waals surface area contributed by atoms with E-state index in [1.807, 2.05) is 24.3 Å². The quantitative estimate of drug-likeness (QED) is 0.766.